The third kappa shape index (κ3) is 4.11. The average Bonchev–Trinajstić information content (AvgIpc) is 3.00. The molecule has 0 radical (unpaired) electrons. The Morgan fingerprint density at radius 3 is 2.64 bits per heavy atom. The predicted octanol–water partition coefficient (Wildman–Crippen LogP) is 1.67. The van der Waals surface area contributed by atoms with Gasteiger partial charge in [-0.2, -0.15) is 0 Å². The number of aromatic nitrogens is 2. The summed E-state index contributed by atoms with van der Waals surface area (Å²) in [4.78, 5) is 33.1. The third-order valence-corrected chi connectivity index (χ3v) is 3.87. The van der Waals surface area contributed by atoms with Gasteiger partial charge < -0.3 is 10.6 Å². The molecule has 22 heavy (non-hydrogen) atoms. The van der Waals surface area contributed by atoms with Gasteiger partial charge in [0.2, 0.25) is 5.91 Å². The largest absolute Gasteiger partial charge is 0.348 e. The van der Waals surface area contributed by atoms with E-state index in [1.54, 1.807) is 38.4 Å². The van der Waals surface area contributed by atoms with Crippen LogP contribution in [0, 0.1) is 6.92 Å². The van der Waals surface area contributed by atoms with Gasteiger partial charge in [0, 0.05) is 6.20 Å². The van der Waals surface area contributed by atoms with E-state index in [-0.39, 0.29) is 18.4 Å². The number of hydrogen-bond donors (Lipinski definition) is 2. The molecule has 2 aromatic heterocycles. The molecule has 0 atom stereocenters. The van der Waals surface area contributed by atoms with E-state index < -0.39 is 5.54 Å². The van der Waals surface area contributed by atoms with Crippen LogP contribution in [0.15, 0.2) is 29.9 Å². The first-order chi connectivity index (χ1) is 10.4. The van der Waals surface area contributed by atoms with E-state index in [1.807, 2.05) is 12.3 Å². The quantitative estimate of drug-likeness (QED) is 0.878. The molecule has 6 nitrogen and oxygen atoms in total. The van der Waals surface area contributed by atoms with E-state index in [9.17, 15) is 9.59 Å². The average molecular weight is 318 g/mol. The van der Waals surface area contributed by atoms with Gasteiger partial charge >= 0.3 is 0 Å². The van der Waals surface area contributed by atoms with Gasteiger partial charge in [-0.3, -0.25) is 19.6 Å². The Hall–Kier alpha value is -2.28. The van der Waals surface area contributed by atoms with Crippen molar-refractivity contribution >= 4 is 23.2 Å². The van der Waals surface area contributed by atoms with Crippen LogP contribution in [0.4, 0.5) is 0 Å². The van der Waals surface area contributed by atoms with E-state index in [0.29, 0.717) is 10.6 Å². The Morgan fingerprint density at radius 1 is 1.27 bits per heavy atom. The van der Waals surface area contributed by atoms with Crippen LogP contribution < -0.4 is 10.6 Å². The summed E-state index contributed by atoms with van der Waals surface area (Å²) >= 11 is 1.33. The van der Waals surface area contributed by atoms with Crippen molar-refractivity contribution in [1.82, 2.24) is 20.6 Å². The van der Waals surface area contributed by atoms with Gasteiger partial charge in [-0.25, -0.2) is 0 Å². The monoisotopic (exact) mass is 318 g/mol. The van der Waals surface area contributed by atoms with Gasteiger partial charge in [0.15, 0.2) is 0 Å². The number of aryl methyl sites for hydroxylation is 1. The van der Waals surface area contributed by atoms with Crippen molar-refractivity contribution in [1.29, 1.82) is 0 Å². The minimum atomic E-state index is -1.01. The molecule has 0 fully saturated rings. The fourth-order valence-corrected chi connectivity index (χ4v) is 2.33. The van der Waals surface area contributed by atoms with E-state index in [2.05, 4.69) is 20.6 Å². The van der Waals surface area contributed by atoms with Crippen molar-refractivity contribution in [3.05, 3.63) is 46.2 Å². The molecule has 116 valence electrons. The van der Waals surface area contributed by atoms with E-state index in [4.69, 9.17) is 0 Å². The lowest BCUT2D eigenvalue weighted by atomic mass is 10.0. The molecule has 0 unspecified atom stereocenters. The fourth-order valence-electron chi connectivity index (χ4n) is 1.71. The molecular weight excluding hydrogens is 300 g/mol. The molecule has 2 amide bonds. The van der Waals surface area contributed by atoms with Crippen molar-refractivity contribution in [3.63, 3.8) is 0 Å². The highest BCUT2D eigenvalue weighted by Crippen LogP contribution is 2.11. The van der Waals surface area contributed by atoms with Crippen LogP contribution in [0.2, 0.25) is 0 Å². The summed E-state index contributed by atoms with van der Waals surface area (Å²) in [5, 5.41) is 7.30. The predicted molar refractivity (Wildman–Crippen MR) is 84.5 cm³/mol. The van der Waals surface area contributed by atoms with Crippen molar-refractivity contribution in [2.24, 2.45) is 0 Å². The van der Waals surface area contributed by atoms with Crippen molar-refractivity contribution in [3.8, 4) is 0 Å². The van der Waals surface area contributed by atoms with Gasteiger partial charge in [0.25, 0.3) is 5.91 Å². The maximum atomic E-state index is 12.2. The molecule has 0 aliphatic rings. The number of amides is 2. The molecule has 0 saturated heterocycles. The minimum Gasteiger partial charge on any atom is -0.348 e. The first-order valence-corrected chi connectivity index (χ1v) is 7.68. The molecule has 2 aromatic rings. The van der Waals surface area contributed by atoms with Gasteiger partial charge in [-0.15, -0.1) is 11.3 Å². The van der Waals surface area contributed by atoms with Crippen molar-refractivity contribution in [2.75, 3.05) is 0 Å². The van der Waals surface area contributed by atoms with E-state index in [1.165, 1.54) is 11.3 Å². The topological polar surface area (TPSA) is 84.0 Å². The maximum absolute atomic E-state index is 12.2. The lowest BCUT2D eigenvalue weighted by Crippen LogP contribution is -2.54. The van der Waals surface area contributed by atoms with Crippen LogP contribution in [0.3, 0.4) is 0 Å². The number of rotatable bonds is 5. The summed E-state index contributed by atoms with van der Waals surface area (Å²) in [6, 6.07) is 3.51. The molecule has 2 rings (SSSR count). The Labute approximate surface area is 133 Å². The lowest BCUT2D eigenvalue weighted by molar-refractivity contribution is -0.126. The second-order valence-corrected chi connectivity index (χ2v) is 6.34. The lowest BCUT2D eigenvalue weighted by Gasteiger charge is -2.24. The van der Waals surface area contributed by atoms with Crippen LogP contribution in [0.1, 0.15) is 34.9 Å². The zero-order valence-corrected chi connectivity index (χ0v) is 13.5. The van der Waals surface area contributed by atoms with Crippen LogP contribution in [0.25, 0.3) is 0 Å². The minimum absolute atomic E-state index is 0.259. The molecule has 7 heteroatoms. The Morgan fingerprint density at radius 2 is 2.05 bits per heavy atom. The van der Waals surface area contributed by atoms with Gasteiger partial charge in [-0.1, -0.05) is 6.07 Å². The summed E-state index contributed by atoms with van der Waals surface area (Å²) in [6.45, 7) is 5.44. The first-order valence-electron chi connectivity index (χ1n) is 6.80. The number of carbonyl (C=O) groups excluding carboxylic acids is 2. The SMILES string of the molecule is Cc1cnc(CNC(=O)C(C)(C)NC(=O)c2cccs2)cn1. The fraction of sp³-hybridized carbons (Fsp3) is 0.333. The zero-order chi connectivity index (χ0) is 16.2. The number of carbonyl (C=O) groups is 2. The van der Waals surface area contributed by atoms with Gasteiger partial charge in [0.1, 0.15) is 5.54 Å². The van der Waals surface area contributed by atoms with Crippen molar-refractivity contribution in [2.45, 2.75) is 32.9 Å². The molecule has 2 N–H and O–H groups in total. The summed E-state index contributed by atoms with van der Waals surface area (Å²) < 4.78 is 0. The number of nitrogens with one attached hydrogen (secondary N) is 2. The van der Waals surface area contributed by atoms with Crippen LogP contribution in [0.5, 0.6) is 0 Å². The standard InChI is InChI=1S/C15H18N4O2S/c1-10-7-17-11(8-16-10)9-18-14(21)15(2,3)19-13(20)12-5-4-6-22-12/h4-8H,9H2,1-3H3,(H,18,21)(H,19,20). The zero-order valence-electron chi connectivity index (χ0n) is 12.7. The normalized spacial score (nSPS) is 11.0. The molecule has 0 spiro atoms. The highest BCUT2D eigenvalue weighted by Gasteiger charge is 2.29. The van der Waals surface area contributed by atoms with E-state index >= 15 is 0 Å². The summed E-state index contributed by atoms with van der Waals surface area (Å²) in [5.74, 6) is -0.537. The molecule has 0 aliphatic heterocycles. The number of hydrogen-bond acceptors (Lipinski definition) is 5. The number of nitrogens with zero attached hydrogens (tertiary/aromatic N) is 2. The Bertz CT molecular complexity index is 651. The van der Waals surface area contributed by atoms with Crippen LogP contribution >= 0.6 is 11.3 Å². The Kier molecular flexibility index (Phi) is 4.87. The molecule has 0 saturated carbocycles. The van der Waals surface area contributed by atoms with Crippen LogP contribution in [-0.2, 0) is 11.3 Å². The smallest absolute Gasteiger partial charge is 0.262 e. The first kappa shape index (κ1) is 16.1. The molecule has 0 aromatic carbocycles. The summed E-state index contributed by atoms with van der Waals surface area (Å²) in [6.07, 6.45) is 3.26. The molecule has 0 bridgehead atoms. The van der Waals surface area contributed by atoms with Crippen LogP contribution in [-0.4, -0.2) is 27.3 Å². The van der Waals surface area contributed by atoms with E-state index in [0.717, 1.165) is 5.69 Å². The molecule has 2 heterocycles. The van der Waals surface area contributed by atoms with Gasteiger partial charge in [-0.05, 0) is 32.2 Å². The number of thiophene rings is 1. The maximum Gasteiger partial charge on any atom is 0.262 e. The molecule has 0 aliphatic carbocycles. The summed E-state index contributed by atoms with van der Waals surface area (Å²) in [5.41, 5.74) is 0.470. The van der Waals surface area contributed by atoms with Gasteiger partial charge in [0.05, 0.1) is 29.0 Å². The second kappa shape index (κ2) is 6.65. The third-order valence-electron chi connectivity index (χ3n) is 3.00. The highest BCUT2D eigenvalue weighted by atomic mass is 32.1. The second-order valence-electron chi connectivity index (χ2n) is 5.39. The van der Waals surface area contributed by atoms with Crippen molar-refractivity contribution < 1.29 is 9.59 Å². The highest BCUT2D eigenvalue weighted by molar-refractivity contribution is 7.12. The summed E-state index contributed by atoms with van der Waals surface area (Å²) in [7, 11) is 0. The Balaban J connectivity index is 1.92. The molecular formula is C15H18N4O2S.